The van der Waals surface area contributed by atoms with E-state index in [0.717, 1.165) is 16.7 Å². The third-order valence-electron chi connectivity index (χ3n) is 2.63. The van der Waals surface area contributed by atoms with Gasteiger partial charge in [-0.25, -0.2) is 8.42 Å². The Labute approximate surface area is 111 Å². The maximum atomic E-state index is 12.0. The zero-order chi connectivity index (χ0) is 13.8. The van der Waals surface area contributed by atoms with E-state index in [9.17, 15) is 8.42 Å². The van der Waals surface area contributed by atoms with Crippen LogP contribution in [0.5, 0.6) is 0 Å². The molecule has 1 N–H and O–H groups in total. The smallest absolute Gasteiger partial charge is 0.155 e. The molecule has 0 saturated heterocycles. The Hall–Kier alpha value is -0.870. The van der Waals surface area contributed by atoms with Gasteiger partial charge in [-0.3, -0.25) is 0 Å². The summed E-state index contributed by atoms with van der Waals surface area (Å²) in [5, 5.41) is 3.13. The predicted molar refractivity (Wildman–Crippen MR) is 76.5 cm³/mol. The van der Waals surface area contributed by atoms with Gasteiger partial charge in [0, 0.05) is 12.6 Å². The van der Waals surface area contributed by atoms with Gasteiger partial charge in [0.15, 0.2) is 9.84 Å². The molecule has 18 heavy (non-hydrogen) atoms. The number of hydrogen-bond acceptors (Lipinski definition) is 3. The molecule has 1 aromatic rings. The first-order chi connectivity index (χ1) is 8.28. The minimum atomic E-state index is -3.03. The molecular formula is C14H23NO2S. The van der Waals surface area contributed by atoms with Gasteiger partial charge in [-0.2, -0.15) is 0 Å². The summed E-state index contributed by atoms with van der Waals surface area (Å²) in [4.78, 5) is 0. The minimum Gasteiger partial charge on any atom is -0.314 e. The van der Waals surface area contributed by atoms with Gasteiger partial charge in [0.1, 0.15) is 0 Å². The summed E-state index contributed by atoms with van der Waals surface area (Å²) in [6.45, 7) is 8.52. The van der Waals surface area contributed by atoms with Crippen molar-refractivity contribution < 1.29 is 8.42 Å². The molecule has 4 heteroatoms. The summed E-state index contributed by atoms with van der Waals surface area (Å²) >= 11 is 0. The second-order valence-electron chi connectivity index (χ2n) is 5.20. The van der Waals surface area contributed by atoms with Gasteiger partial charge in [-0.05, 0) is 19.4 Å². The van der Waals surface area contributed by atoms with Gasteiger partial charge < -0.3 is 5.32 Å². The van der Waals surface area contributed by atoms with Crippen LogP contribution >= 0.6 is 0 Å². The Bertz CT molecular complexity index is 472. The zero-order valence-corrected chi connectivity index (χ0v) is 12.5. The summed E-state index contributed by atoms with van der Waals surface area (Å²) in [5.41, 5.74) is 3.11. The highest BCUT2D eigenvalue weighted by Crippen LogP contribution is 2.12. The SMILES string of the molecule is Cc1cc(C)cc(CS(=O)(=O)CCNC(C)C)c1. The van der Waals surface area contributed by atoms with Gasteiger partial charge in [0.05, 0.1) is 11.5 Å². The molecule has 1 rings (SSSR count). The van der Waals surface area contributed by atoms with Crippen molar-refractivity contribution in [3.63, 3.8) is 0 Å². The monoisotopic (exact) mass is 269 g/mol. The standard InChI is InChI=1S/C14H23NO2S/c1-11(2)15-5-6-18(16,17)10-14-8-12(3)7-13(4)9-14/h7-9,11,15H,5-6,10H2,1-4H3. The third kappa shape index (κ3) is 5.65. The van der Waals surface area contributed by atoms with E-state index in [1.165, 1.54) is 0 Å². The highest BCUT2D eigenvalue weighted by molar-refractivity contribution is 7.90. The van der Waals surface area contributed by atoms with Gasteiger partial charge >= 0.3 is 0 Å². The lowest BCUT2D eigenvalue weighted by molar-refractivity contribution is 0.577. The van der Waals surface area contributed by atoms with Gasteiger partial charge in [0.25, 0.3) is 0 Å². The second-order valence-corrected chi connectivity index (χ2v) is 7.38. The molecule has 0 aliphatic heterocycles. The molecule has 1 aromatic carbocycles. The fourth-order valence-corrected chi connectivity index (χ4v) is 3.23. The second kappa shape index (κ2) is 6.34. The number of hydrogen-bond donors (Lipinski definition) is 1. The maximum absolute atomic E-state index is 12.0. The summed E-state index contributed by atoms with van der Waals surface area (Å²) in [6.07, 6.45) is 0. The maximum Gasteiger partial charge on any atom is 0.155 e. The first kappa shape index (κ1) is 15.2. The molecule has 0 unspecified atom stereocenters. The quantitative estimate of drug-likeness (QED) is 0.861. The number of benzene rings is 1. The third-order valence-corrected chi connectivity index (χ3v) is 4.23. The van der Waals surface area contributed by atoms with Crippen LogP contribution in [0.25, 0.3) is 0 Å². The highest BCUT2D eigenvalue weighted by Gasteiger charge is 2.12. The molecule has 102 valence electrons. The van der Waals surface area contributed by atoms with Crippen LogP contribution in [-0.2, 0) is 15.6 Å². The molecule has 0 aliphatic carbocycles. The summed E-state index contributed by atoms with van der Waals surface area (Å²) < 4.78 is 23.9. The van der Waals surface area contributed by atoms with Gasteiger partial charge in [-0.15, -0.1) is 0 Å². The largest absolute Gasteiger partial charge is 0.314 e. The van der Waals surface area contributed by atoms with E-state index in [1.54, 1.807) is 0 Å². The molecule has 0 fully saturated rings. The molecule has 0 heterocycles. The first-order valence-corrected chi connectivity index (χ1v) is 8.11. The van der Waals surface area contributed by atoms with Crippen molar-refractivity contribution in [3.05, 3.63) is 34.9 Å². The van der Waals surface area contributed by atoms with Crippen LogP contribution in [0.3, 0.4) is 0 Å². The van der Waals surface area contributed by atoms with E-state index in [4.69, 9.17) is 0 Å². The fraction of sp³-hybridized carbons (Fsp3) is 0.571. The van der Waals surface area contributed by atoms with Crippen molar-refractivity contribution in [2.45, 2.75) is 39.5 Å². The van der Waals surface area contributed by atoms with E-state index in [0.29, 0.717) is 12.6 Å². The van der Waals surface area contributed by atoms with Crippen LogP contribution in [0.1, 0.15) is 30.5 Å². The zero-order valence-electron chi connectivity index (χ0n) is 11.7. The van der Waals surface area contributed by atoms with Crippen molar-refractivity contribution in [1.29, 1.82) is 0 Å². The van der Waals surface area contributed by atoms with Crippen molar-refractivity contribution in [2.75, 3.05) is 12.3 Å². The minimum absolute atomic E-state index is 0.134. The Morgan fingerprint density at radius 3 is 2.17 bits per heavy atom. The fourth-order valence-electron chi connectivity index (χ4n) is 1.98. The van der Waals surface area contributed by atoms with E-state index in [2.05, 4.69) is 11.4 Å². The lowest BCUT2D eigenvalue weighted by Gasteiger charge is -2.09. The van der Waals surface area contributed by atoms with Crippen LogP contribution < -0.4 is 5.32 Å². The topological polar surface area (TPSA) is 46.2 Å². The summed E-state index contributed by atoms with van der Waals surface area (Å²) in [7, 11) is -3.03. The van der Waals surface area contributed by atoms with Crippen LogP contribution in [0.4, 0.5) is 0 Å². The van der Waals surface area contributed by atoms with Crippen LogP contribution in [-0.4, -0.2) is 26.8 Å². The Morgan fingerprint density at radius 1 is 1.11 bits per heavy atom. The molecule has 0 atom stereocenters. The Balaban J connectivity index is 2.64. The molecular weight excluding hydrogens is 246 g/mol. The molecule has 0 radical (unpaired) electrons. The van der Waals surface area contributed by atoms with E-state index in [-0.39, 0.29) is 11.5 Å². The average molecular weight is 269 g/mol. The predicted octanol–water partition coefficient (Wildman–Crippen LogP) is 2.22. The van der Waals surface area contributed by atoms with Crippen LogP contribution in [0.15, 0.2) is 18.2 Å². The average Bonchev–Trinajstić information content (AvgIpc) is 2.12. The molecule has 3 nitrogen and oxygen atoms in total. The number of aryl methyl sites for hydroxylation is 2. The molecule has 0 aliphatic rings. The lowest BCUT2D eigenvalue weighted by Crippen LogP contribution is -2.29. The van der Waals surface area contributed by atoms with Crippen molar-refractivity contribution in [2.24, 2.45) is 0 Å². The van der Waals surface area contributed by atoms with E-state index < -0.39 is 9.84 Å². The first-order valence-electron chi connectivity index (χ1n) is 6.29. The number of nitrogens with one attached hydrogen (secondary N) is 1. The normalized spacial score (nSPS) is 12.1. The van der Waals surface area contributed by atoms with Crippen LogP contribution in [0.2, 0.25) is 0 Å². The van der Waals surface area contributed by atoms with Crippen molar-refractivity contribution >= 4 is 9.84 Å². The molecule has 0 amide bonds. The van der Waals surface area contributed by atoms with Crippen molar-refractivity contribution in [3.8, 4) is 0 Å². The Morgan fingerprint density at radius 2 is 1.67 bits per heavy atom. The Kier molecular flexibility index (Phi) is 5.35. The van der Waals surface area contributed by atoms with Crippen molar-refractivity contribution in [1.82, 2.24) is 5.32 Å². The van der Waals surface area contributed by atoms with Crippen LogP contribution in [0, 0.1) is 13.8 Å². The summed E-state index contributed by atoms with van der Waals surface area (Å²) in [5.74, 6) is 0.327. The highest BCUT2D eigenvalue weighted by atomic mass is 32.2. The molecule has 0 bridgehead atoms. The van der Waals surface area contributed by atoms with Gasteiger partial charge in [-0.1, -0.05) is 43.2 Å². The number of sulfone groups is 1. The van der Waals surface area contributed by atoms with Gasteiger partial charge in [0.2, 0.25) is 0 Å². The summed E-state index contributed by atoms with van der Waals surface area (Å²) in [6, 6.07) is 6.26. The molecule has 0 spiro atoms. The molecule has 0 saturated carbocycles. The number of rotatable bonds is 6. The lowest BCUT2D eigenvalue weighted by atomic mass is 10.1. The molecule has 0 aromatic heterocycles. The van der Waals surface area contributed by atoms with E-state index in [1.807, 2.05) is 39.8 Å². The van der Waals surface area contributed by atoms with E-state index >= 15 is 0 Å².